The number of carbonyl (C=O) groups excluding carboxylic acids is 3. The van der Waals surface area contributed by atoms with Crippen molar-refractivity contribution in [1.29, 1.82) is 0 Å². The SMILES string of the molecule is CCOc1cc(/C=C2\SC(=O)N(CC(=O)Nc3ccc(I)cc3)C2=O)ccc1OCc1c(F)cccc1Cl. The highest BCUT2D eigenvalue weighted by Crippen LogP contribution is 2.35. The molecule has 0 aliphatic carbocycles. The monoisotopic (exact) mass is 666 g/mol. The molecule has 0 radical (unpaired) electrons. The predicted octanol–water partition coefficient (Wildman–Crippen LogP) is 6.74. The summed E-state index contributed by atoms with van der Waals surface area (Å²) in [6.07, 6.45) is 1.54. The molecular weight excluding hydrogens is 646 g/mol. The van der Waals surface area contributed by atoms with Crippen LogP contribution in [0.15, 0.2) is 65.6 Å². The minimum atomic E-state index is -0.565. The topological polar surface area (TPSA) is 84.9 Å². The van der Waals surface area contributed by atoms with E-state index < -0.39 is 29.4 Å². The smallest absolute Gasteiger partial charge is 0.294 e. The highest BCUT2D eigenvalue weighted by atomic mass is 127. The molecule has 1 fully saturated rings. The van der Waals surface area contributed by atoms with Crippen molar-refractivity contribution in [2.45, 2.75) is 13.5 Å². The maximum atomic E-state index is 14.1. The third-order valence-corrected chi connectivity index (χ3v) is 7.28. The summed E-state index contributed by atoms with van der Waals surface area (Å²) in [7, 11) is 0. The van der Waals surface area contributed by atoms with E-state index in [1.54, 1.807) is 49.4 Å². The first-order valence-electron chi connectivity index (χ1n) is 11.4. The molecule has 3 aromatic rings. The Hall–Kier alpha value is -3.09. The van der Waals surface area contributed by atoms with E-state index in [0.29, 0.717) is 29.4 Å². The summed E-state index contributed by atoms with van der Waals surface area (Å²) in [5.41, 5.74) is 1.37. The summed E-state index contributed by atoms with van der Waals surface area (Å²) in [6, 6.07) is 16.5. The second-order valence-corrected chi connectivity index (χ2v) is 10.6. The van der Waals surface area contributed by atoms with E-state index in [1.165, 1.54) is 12.1 Å². The van der Waals surface area contributed by atoms with Gasteiger partial charge >= 0.3 is 0 Å². The van der Waals surface area contributed by atoms with Crippen LogP contribution in [0.1, 0.15) is 18.1 Å². The number of anilines is 1. The van der Waals surface area contributed by atoms with Crippen molar-refractivity contribution in [2.24, 2.45) is 0 Å². The van der Waals surface area contributed by atoms with Crippen LogP contribution in [0, 0.1) is 9.39 Å². The minimum Gasteiger partial charge on any atom is -0.490 e. The summed E-state index contributed by atoms with van der Waals surface area (Å²) in [5.74, 6) is -0.779. The molecule has 1 N–H and O–H groups in total. The molecule has 7 nitrogen and oxygen atoms in total. The molecule has 1 aliphatic rings. The van der Waals surface area contributed by atoms with Crippen LogP contribution in [0.25, 0.3) is 6.08 Å². The fourth-order valence-corrected chi connectivity index (χ4v) is 4.90. The second kappa shape index (κ2) is 12.6. The molecule has 196 valence electrons. The molecule has 0 spiro atoms. The molecule has 3 aromatic carbocycles. The largest absolute Gasteiger partial charge is 0.490 e. The molecule has 3 amide bonds. The quantitative estimate of drug-likeness (QED) is 0.201. The Balaban J connectivity index is 1.46. The fraction of sp³-hybridized carbons (Fsp3) is 0.148. The Kier molecular flexibility index (Phi) is 9.29. The van der Waals surface area contributed by atoms with E-state index in [-0.39, 0.29) is 22.1 Å². The third-order valence-electron chi connectivity index (χ3n) is 5.30. The van der Waals surface area contributed by atoms with Gasteiger partial charge in [-0.1, -0.05) is 23.7 Å². The van der Waals surface area contributed by atoms with Crippen molar-refractivity contribution >= 4 is 74.8 Å². The van der Waals surface area contributed by atoms with Crippen LogP contribution in [-0.2, 0) is 16.2 Å². The average Bonchev–Trinajstić information content (AvgIpc) is 3.13. The molecule has 1 aliphatic heterocycles. The zero-order valence-corrected chi connectivity index (χ0v) is 23.7. The molecule has 1 heterocycles. The van der Waals surface area contributed by atoms with E-state index in [9.17, 15) is 18.8 Å². The summed E-state index contributed by atoms with van der Waals surface area (Å²) in [4.78, 5) is 38.9. The molecular formula is C27H21ClFIN2O5S. The number of hydrogen-bond acceptors (Lipinski definition) is 6. The van der Waals surface area contributed by atoms with Crippen molar-refractivity contribution < 1.29 is 28.2 Å². The first kappa shape index (κ1) is 27.9. The summed E-state index contributed by atoms with van der Waals surface area (Å²) in [5, 5.41) is 2.40. The zero-order chi connectivity index (χ0) is 27.2. The lowest BCUT2D eigenvalue weighted by Gasteiger charge is -2.14. The lowest BCUT2D eigenvalue weighted by molar-refractivity contribution is -0.127. The molecule has 4 rings (SSSR count). The van der Waals surface area contributed by atoms with Gasteiger partial charge in [-0.3, -0.25) is 19.3 Å². The summed E-state index contributed by atoms with van der Waals surface area (Å²) < 4.78 is 26.6. The van der Waals surface area contributed by atoms with Gasteiger partial charge in [0.1, 0.15) is 19.0 Å². The predicted molar refractivity (Wildman–Crippen MR) is 154 cm³/mol. The van der Waals surface area contributed by atoms with Crippen LogP contribution in [0.3, 0.4) is 0 Å². The van der Waals surface area contributed by atoms with Crippen LogP contribution in [0.4, 0.5) is 14.9 Å². The molecule has 0 saturated carbocycles. The van der Waals surface area contributed by atoms with Gasteiger partial charge in [0.25, 0.3) is 11.1 Å². The maximum Gasteiger partial charge on any atom is 0.294 e. The second-order valence-electron chi connectivity index (χ2n) is 7.95. The van der Waals surface area contributed by atoms with E-state index in [4.69, 9.17) is 21.1 Å². The number of ether oxygens (including phenoxy) is 2. The molecule has 0 unspecified atom stereocenters. The summed E-state index contributed by atoms with van der Waals surface area (Å²) >= 11 is 8.98. The van der Waals surface area contributed by atoms with Crippen molar-refractivity contribution in [3.05, 3.63) is 91.1 Å². The van der Waals surface area contributed by atoms with E-state index in [0.717, 1.165) is 20.2 Å². The Morgan fingerprint density at radius 3 is 2.58 bits per heavy atom. The Morgan fingerprint density at radius 2 is 1.87 bits per heavy atom. The van der Waals surface area contributed by atoms with Gasteiger partial charge in [0.2, 0.25) is 5.91 Å². The van der Waals surface area contributed by atoms with Gasteiger partial charge in [0.15, 0.2) is 11.5 Å². The number of nitrogens with one attached hydrogen (secondary N) is 1. The number of amides is 3. The number of halogens is 3. The van der Waals surface area contributed by atoms with Gasteiger partial charge < -0.3 is 14.8 Å². The van der Waals surface area contributed by atoms with Gasteiger partial charge in [0, 0.05) is 14.8 Å². The Bertz CT molecular complexity index is 1400. The fourth-order valence-electron chi connectivity index (χ4n) is 3.49. The minimum absolute atomic E-state index is 0.103. The number of thioether (sulfide) groups is 1. The number of benzene rings is 3. The standard InChI is InChI=1S/C27H21ClFIN2O5S/c1-2-36-23-12-16(6-11-22(23)37-15-19-20(28)4-3-5-21(19)29)13-24-26(34)32(27(35)38-24)14-25(33)31-18-9-7-17(30)8-10-18/h3-13H,2,14-15H2,1H3,(H,31,33)/b24-13-. The first-order valence-corrected chi connectivity index (χ1v) is 13.7. The van der Waals surface area contributed by atoms with Crippen molar-refractivity contribution in [1.82, 2.24) is 4.90 Å². The van der Waals surface area contributed by atoms with Gasteiger partial charge in [-0.05, 0) is 101 Å². The molecule has 11 heteroatoms. The van der Waals surface area contributed by atoms with Crippen LogP contribution in [0.2, 0.25) is 5.02 Å². The molecule has 0 bridgehead atoms. The van der Waals surface area contributed by atoms with E-state index in [1.807, 2.05) is 12.1 Å². The normalized spacial score (nSPS) is 14.2. The lowest BCUT2D eigenvalue weighted by atomic mass is 10.1. The maximum absolute atomic E-state index is 14.1. The van der Waals surface area contributed by atoms with Crippen LogP contribution in [0.5, 0.6) is 11.5 Å². The van der Waals surface area contributed by atoms with Gasteiger partial charge in [-0.2, -0.15) is 0 Å². The highest BCUT2D eigenvalue weighted by Gasteiger charge is 2.36. The number of imide groups is 1. The van der Waals surface area contributed by atoms with E-state index in [2.05, 4.69) is 27.9 Å². The van der Waals surface area contributed by atoms with Crippen molar-refractivity contribution in [3.8, 4) is 11.5 Å². The molecule has 0 aromatic heterocycles. The summed E-state index contributed by atoms with van der Waals surface area (Å²) in [6.45, 7) is 1.64. The van der Waals surface area contributed by atoms with Crippen LogP contribution >= 0.6 is 46.0 Å². The van der Waals surface area contributed by atoms with Gasteiger partial charge in [-0.15, -0.1) is 0 Å². The first-order chi connectivity index (χ1) is 18.2. The van der Waals surface area contributed by atoms with Crippen molar-refractivity contribution in [2.75, 3.05) is 18.5 Å². The number of carbonyl (C=O) groups is 3. The Labute approximate surface area is 241 Å². The van der Waals surface area contributed by atoms with E-state index >= 15 is 0 Å². The van der Waals surface area contributed by atoms with Gasteiger partial charge in [-0.25, -0.2) is 4.39 Å². The lowest BCUT2D eigenvalue weighted by Crippen LogP contribution is -2.36. The number of rotatable bonds is 9. The zero-order valence-electron chi connectivity index (χ0n) is 20.0. The number of hydrogen-bond donors (Lipinski definition) is 1. The van der Waals surface area contributed by atoms with Crippen LogP contribution < -0.4 is 14.8 Å². The highest BCUT2D eigenvalue weighted by molar-refractivity contribution is 14.1. The molecule has 38 heavy (non-hydrogen) atoms. The van der Waals surface area contributed by atoms with Crippen LogP contribution in [-0.4, -0.2) is 35.1 Å². The molecule has 1 saturated heterocycles. The number of nitrogens with zero attached hydrogens (tertiary/aromatic N) is 1. The molecule has 0 atom stereocenters. The Morgan fingerprint density at radius 1 is 1.11 bits per heavy atom. The van der Waals surface area contributed by atoms with Crippen molar-refractivity contribution in [3.63, 3.8) is 0 Å². The average molecular weight is 667 g/mol. The van der Waals surface area contributed by atoms with Gasteiger partial charge in [0.05, 0.1) is 16.5 Å². The third kappa shape index (κ3) is 6.86.